The first-order chi connectivity index (χ1) is 11.2. The zero-order valence-corrected chi connectivity index (χ0v) is 13.4. The van der Waals surface area contributed by atoms with Crippen LogP contribution in [0.2, 0.25) is 0 Å². The van der Waals surface area contributed by atoms with Gasteiger partial charge < -0.3 is 9.64 Å². The quantitative estimate of drug-likeness (QED) is 0.475. The van der Waals surface area contributed by atoms with Gasteiger partial charge in [0, 0.05) is 25.2 Å². The van der Waals surface area contributed by atoms with E-state index in [2.05, 4.69) is 17.0 Å². The first-order valence-electron chi connectivity index (χ1n) is 7.88. The number of terminal acetylenes is 1. The third kappa shape index (κ3) is 4.47. The van der Waals surface area contributed by atoms with E-state index in [0.29, 0.717) is 37.4 Å². The summed E-state index contributed by atoms with van der Waals surface area (Å²) in [7, 11) is 0. The van der Waals surface area contributed by atoms with E-state index in [1.54, 1.807) is 6.07 Å². The molecular formula is C18H21N3O2. The van der Waals surface area contributed by atoms with Gasteiger partial charge in [-0.15, -0.1) is 12.3 Å². The molecular weight excluding hydrogens is 290 g/mol. The Morgan fingerprint density at radius 2 is 2.39 bits per heavy atom. The maximum absolute atomic E-state index is 12.2. The van der Waals surface area contributed by atoms with Crippen molar-refractivity contribution in [1.29, 1.82) is 5.26 Å². The van der Waals surface area contributed by atoms with Gasteiger partial charge in [0.05, 0.1) is 18.1 Å². The van der Waals surface area contributed by atoms with E-state index < -0.39 is 0 Å². The molecule has 1 aromatic rings. The van der Waals surface area contributed by atoms with Crippen LogP contribution >= 0.6 is 0 Å². The summed E-state index contributed by atoms with van der Waals surface area (Å²) in [6, 6.07) is 5.77. The average Bonchev–Trinajstić information content (AvgIpc) is 2.58. The second-order valence-corrected chi connectivity index (χ2v) is 5.70. The molecule has 0 aliphatic carbocycles. The van der Waals surface area contributed by atoms with Crippen molar-refractivity contribution in [3.63, 3.8) is 0 Å². The number of esters is 1. The van der Waals surface area contributed by atoms with E-state index in [0.717, 1.165) is 25.1 Å². The maximum Gasteiger partial charge on any atom is 0.310 e. The summed E-state index contributed by atoms with van der Waals surface area (Å²) in [6.07, 6.45) is 8.17. The van der Waals surface area contributed by atoms with Crippen LogP contribution in [-0.4, -0.2) is 30.6 Å². The van der Waals surface area contributed by atoms with Crippen LogP contribution in [0.15, 0.2) is 12.1 Å². The Morgan fingerprint density at radius 1 is 1.57 bits per heavy atom. The zero-order chi connectivity index (χ0) is 16.7. The molecule has 1 fully saturated rings. The minimum atomic E-state index is -0.183. The fraction of sp³-hybridized carbons (Fsp3) is 0.500. The van der Waals surface area contributed by atoms with Crippen molar-refractivity contribution in [3.05, 3.63) is 23.4 Å². The van der Waals surface area contributed by atoms with Crippen molar-refractivity contribution in [3.8, 4) is 18.4 Å². The van der Waals surface area contributed by atoms with E-state index in [-0.39, 0.29) is 11.9 Å². The standard InChI is InChI=1S/C18H21N3O2/c1-3-4-5-11-23-18(22)16-7-6-10-21(13-16)17-15(12-19)9-8-14(2)20-17/h1,8-9,16H,4-7,10-11,13H2,2H3/t16-/m0/s1. The lowest BCUT2D eigenvalue weighted by molar-refractivity contribution is -0.148. The van der Waals surface area contributed by atoms with Crippen molar-refractivity contribution < 1.29 is 9.53 Å². The highest BCUT2D eigenvalue weighted by molar-refractivity contribution is 5.73. The fourth-order valence-corrected chi connectivity index (χ4v) is 2.70. The van der Waals surface area contributed by atoms with Gasteiger partial charge in [0.25, 0.3) is 0 Å². The predicted octanol–water partition coefficient (Wildman–Crippen LogP) is 2.43. The summed E-state index contributed by atoms with van der Waals surface area (Å²) in [5.74, 6) is 2.83. The van der Waals surface area contributed by atoms with Crippen molar-refractivity contribution in [2.75, 3.05) is 24.6 Å². The average molecular weight is 311 g/mol. The molecule has 0 aromatic carbocycles. The molecule has 1 atom stereocenters. The number of nitrogens with zero attached hydrogens (tertiary/aromatic N) is 3. The lowest BCUT2D eigenvalue weighted by atomic mass is 9.98. The number of hydrogen-bond acceptors (Lipinski definition) is 5. The molecule has 1 aliphatic rings. The smallest absolute Gasteiger partial charge is 0.310 e. The number of nitriles is 1. The van der Waals surface area contributed by atoms with E-state index in [1.807, 2.05) is 17.9 Å². The second-order valence-electron chi connectivity index (χ2n) is 5.70. The number of anilines is 1. The molecule has 1 aliphatic heterocycles. The molecule has 1 saturated heterocycles. The van der Waals surface area contributed by atoms with Crippen LogP contribution in [0.4, 0.5) is 5.82 Å². The molecule has 0 spiro atoms. The molecule has 5 heteroatoms. The van der Waals surface area contributed by atoms with Crippen molar-refractivity contribution >= 4 is 11.8 Å². The van der Waals surface area contributed by atoms with E-state index >= 15 is 0 Å². The van der Waals surface area contributed by atoms with Crippen LogP contribution in [0.25, 0.3) is 0 Å². The highest BCUT2D eigenvalue weighted by Crippen LogP contribution is 2.25. The van der Waals surface area contributed by atoms with Crippen LogP contribution in [-0.2, 0) is 9.53 Å². The Balaban J connectivity index is 2.01. The number of ether oxygens (including phenoxy) is 1. The minimum Gasteiger partial charge on any atom is -0.465 e. The third-order valence-electron chi connectivity index (χ3n) is 3.90. The van der Waals surface area contributed by atoms with Gasteiger partial charge in [0.15, 0.2) is 0 Å². The summed E-state index contributed by atoms with van der Waals surface area (Å²) in [6.45, 7) is 3.60. The first-order valence-corrected chi connectivity index (χ1v) is 7.88. The van der Waals surface area contributed by atoms with Crippen LogP contribution in [0.5, 0.6) is 0 Å². The van der Waals surface area contributed by atoms with E-state index in [1.165, 1.54) is 0 Å². The number of pyridine rings is 1. The molecule has 2 heterocycles. The highest BCUT2D eigenvalue weighted by Gasteiger charge is 2.28. The predicted molar refractivity (Wildman–Crippen MR) is 87.7 cm³/mol. The number of aromatic nitrogens is 1. The van der Waals surface area contributed by atoms with Crippen molar-refractivity contribution in [2.24, 2.45) is 5.92 Å². The normalized spacial score (nSPS) is 17.2. The van der Waals surface area contributed by atoms with Gasteiger partial charge in [0.1, 0.15) is 11.9 Å². The number of aryl methyl sites for hydroxylation is 1. The zero-order valence-electron chi connectivity index (χ0n) is 13.4. The van der Waals surface area contributed by atoms with Gasteiger partial charge in [0.2, 0.25) is 0 Å². The van der Waals surface area contributed by atoms with Gasteiger partial charge in [-0.2, -0.15) is 5.26 Å². The number of carbonyl (C=O) groups excluding carboxylic acids is 1. The van der Waals surface area contributed by atoms with Crippen LogP contribution < -0.4 is 4.90 Å². The maximum atomic E-state index is 12.2. The van der Waals surface area contributed by atoms with Gasteiger partial charge in [-0.3, -0.25) is 4.79 Å². The molecule has 2 rings (SSSR count). The Labute approximate surface area is 137 Å². The molecule has 120 valence electrons. The number of carbonyl (C=O) groups is 1. The summed E-state index contributed by atoms with van der Waals surface area (Å²) < 4.78 is 5.30. The number of piperidine rings is 1. The first kappa shape index (κ1) is 16.8. The number of unbranched alkanes of at least 4 members (excludes halogenated alkanes) is 1. The molecule has 1 aromatic heterocycles. The molecule has 0 amide bonds. The monoisotopic (exact) mass is 311 g/mol. The second kappa shape index (κ2) is 8.19. The van der Waals surface area contributed by atoms with Gasteiger partial charge >= 0.3 is 5.97 Å². The van der Waals surface area contributed by atoms with Crippen LogP contribution in [0, 0.1) is 36.5 Å². The lowest BCUT2D eigenvalue weighted by Crippen LogP contribution is -2.40. The molecule has 0 radical (unpaired) electrons. The number of hydrogen-bond donors (Lipinski definition) is 0. The van der Waals surface area contributed by atoms with E-state index in [9.17, 15) is 10.1 Å². The van der Waals surface area contributed by atoms with Crippen molar-refractivity contribution in [1.82, 2.24) is 4.98 Å². The Hall–Kier alpha value is -2.53. The molecule has 5 nitrogen and oxygen atoms in total. The highest BCUT2D eigenvalue weighted by atomic mass is 16.5. The SMILES string of the molecule is C#CCCCOC(=O)[C@H]1CCCN(c2nc(C)ccc2C#N)C1. The summed E-state index contributed by atoms with van der Waals surface area (Å²) in [5.41, 5.74) is 1.40. The Kier molecular flexibility index (Phi) is 6.00. The molecule has 0 N–H and O–H groups in total. The molecule has 0 bridgehead atoms. The largest absolute Gasteiger partial charge is 0.465 e. The van der Waals surface area contributed by atoms with Gasteiger partial charge in [-0.1, -0.05) is 0 Å². The van der Waals surface area contributed by atoms with E-state index in [4.69, 9.17) is 11.2 Å². The van der Waals surface area contributed by atoms with Crippen molar-refractivity contribution in [2.45, 2.75) is 32.6 Å². The summed E-state index contributed by atoms with van der Waals surface area (Å²) in [5, 5.41) is 9.26. The molecule has 23 heavy (non-hydrogen) atoms. The Bertz CT molecular complexity index is 643. The van der Waals surface area contributed by atoms with Crippen LogP contribution in [0.3, 0.4) is 0 Å². The third-order valence-corrected chi connectivity index (χ3v) is 3.90. The summed E-state index contributed by atoms with van der Waals surface area (Å²) in [4.78, 5) is 18.7. The minimum absolute atomic E-state index is 0.177. The summed E-state index contributed by atoms with van der Waals surface area (Å²) >= 11 is 0. The Morgan fingerprint density at radius 3 is 3.13 bits per heavy atom. The van der Waals surface area contributed by atoms with Crippen LogP contribution in [0.1, 0.15) is 36.9 Å². The molecule has 0 saturated carbocycles. The van der Waals surface area contributed by atoms with Gasteiger partial charge in [-0.25, -0.2) is 4.98 Å². The molecule has 0 unspecified atom stereocenters. The fourth-order valence-electron chi connectivity index (χ4n) is 2.70. The lowest BCUT2D eigenvalue weighted by Gasteiger charge is -2.33. The number of rotatable bonds is 5. The topological polar surface area (TPSA) is 66.2 Å². The van der Waals surface area contributed by atoms with Gasteiger partial charge in [-0.05, 0) is 38.3 Å².